The van der Waals surface area contributed by atoms with Crippen molar-refractivity contribution in [3.8, 4) is 0 Å². The van der Waals surface area contributed by atoms with Gasteiger partial charge in [0.2, 0.25) is 5.91 Å². The molecule has 0 saturated carbocycles. The summed E-state index contributed by atoms with van der Waals surface area (Å²) in [5, 5.41) is 5.70. The van der Waals surface area contributed by atoms with Crippen LogP contribution in [0.15, 0.2) is 42.5 Å². The summed E-state index contributed by atoms with van der Waals surface area (Å²) < 4.78 is 7.57. The molecular formula is C30H40N6O3. The molecule has 0 spiro atoms. The van der Waals surface area contributed by atoms with Crippen molar-refractivity contribution in [2.75, 3.05) is 38.7 Å². The molecular weight excluding hydrogens is 492 g/mol. The van der Waals surface area contributed by atoms with E-state index in [0.29, 0.717) is 13.2 Å². The third-order valence-electron chi connectivity index (χ3n) is 7.87. The second-order valence-electron chi connectivity index (χ2n) is 10.8. The van der Waals surface area contributed by atoms with Gasteiger partial charge in [-0.25, -0.2) is 9.78 Å². The van der Waals surface area contributed by atoms with Gasteiger partial charge in [0, 0.05) is 64.0 Å². The van der Waals surface area contributed by atoms with Gasteiger partial charge in [-0.2, -0.15) is 0 Å². The van der Waals surface area contributed by atoms with Gasteiger partial charge < -0.3 is 30.6 Å². The van der Waals surface area contributed by atoms with E-state index in [0.717, 1.165) is 67.7 Å². The van der Waals surface area contributed by atoms with Gasteiger partial charge in [-0.3, -0.25) is 4.79 Å². The number of carbonyl (C=O) groups is 2. The molecule has 0 radical (unpaired) electrons. The summed E-state index contributed by atoms with van der Waals surface area (Å²) >= 11 is 0. The predicted octanol–water partition coefficient (Wildman–Crippen LogP) is 3.81. The first-order chi connectivity index (χ1) is 19.0. The second kappa shape index (κ2) is 12.6. The summed E-state index contributed by atoms with van der Waals surface area (Å²) in [4.78, 5) is 32.5. The molecule has 2 aliphatic rings. The SMILES string of the molecule is COCCCn1c([C@@H]2CCCN(C(=O)C[C@@H](N)CNC(=O)Nc3ccc4c(c3)CCC4)C2)nc2ccccc21. The summed E-state index contributed by atoms with van der Waals surface area (Å²) in [5.74, 6) is 1.24. The third kappa shape index (κ3) is 6.59. The number of nitrogens with two attached hydrogens (primary N) is 1. The largest absolute Gasteiger partial charge is 0.385 e. The molecule has 0 unspecified atom stereocenters. The fourth-order valence-corrected chi connectivity index (χ4v) is 5.90. The molecule has 208 valence electrons. The molecule has 1 fully saturated rings. The summed E-state index contributed by atoms with van der Waals surface area (Å²) in [5.41, 5.74) is 11.8. The molecule has 2 heterocycles. The lowest BCUT2D eigenvalue weighted by Gasteiger charge is -2.33. The van der Waals surface area contributed by atoms with E-state index in [1.807, 2.05) is 35.2 Å². The van der Waals surface area contributed by atoms with Gasteiger partial charge in [0.15, 0.2) is 0 Å². The fourth-order valence-electron chi connectivity index (χ4n) is 5.90. The smallest absolute Gasteiger partial charge is 0.319 e. The third-order valence-corrected chi connectivity index (χ3v) is 7.87. The Labute approximate surface area is 230 Å². The number of nitrogens with one attached hydrogen (secondary N) is 2. The molecule has 39 heavy (non-hydrogen) atoms. The molecule has 1 saturated heterocycles. The normalized spacial score (nSPS) is 17.7. The van der Waals surface area contributed by atoms with Crippen molar-refractivity contribution >= 4 is 28.7 Å². The van der Waals surface area contributed by atoms with Crippen LogP contribution in [0.5, 0.6) is 0 Å². The minimum atomic E-state index is -0.456. The number of hydrogen-bond donors (Lipinski definition) is 3. The van der Waals surface area contributed by atoms with Crippen molar-refractivity contribution in [1.29, 1.82) is 0 Å². The van der Waals surface area contributed by atoms with E-state index in [1.165, 1.54) is 17.5 Å². The van der Waals surface area contributed by atoms with Crippen LogP contribution in [0.4, 0.5) is 10.5 Å². The summed E-state index contributed by atoms with van der Waals surface area (Å²) in [6.45, 7) is 3.11. The van der Waals surface area contributed by atoms with E-state index in [1.54, 1.807) is 7.11 Å². The number of piperidine rings is 1. The van der Waals surface area contributed by atoms with E-state index < -0.39 is 6.04 Å². The van der Waals surface area contributed by atoms with Crippen LogP contribution in [-0.4, -0.2) is 65.8 Å². The van der Waals surface area contributed by atoms with Crippen LogP contribution in [0.3, 0.4) is 0 Å². The van der Waals surface area contributed by atoms with Gasteiger partial charge in [-0.15, -0.1) is 0 Å². The number of urea groups is 1. The zero-order chi connectivity index (χ0) is 27.2. The van der Waals surface area contributed by atoms with Crippen LogP contribution < -0.4 is 16.4 Å². The molecule has 9 nitrogen and oxygen atoms in total. The number of carbonyl (C=O) groups excluding carboxylic acids is 2. The van der Waals surface area contributed by atoms with Crippen LogP contribution in [0.25, 0.3) is 11.0 Å². The minimum Gasteiger partial charge on any atom is -0.385 e. The number of aryl methyl sites for hydroxylation is 3. The molecule has 2 aromatic carbocycles. The number of para-hydroxylation sites is 2. The van der Waals surface area contributed by atoms with E-state index in [-0.39, 0.29) is 30.8 Å². The average molecular weight is 533 g/mol. The van der Waals surface area contributed by atoms with Gasteiger partial charge >= 0.3 is 6.03 Å². The van der Waals surface area contributed by atoms with Gasteiger partial charge in [0.05, 0.1) is 11.0 Å². The Morgan fingerprint density at radius 3 is 2.87 bits per heavy atom. The first-order valence-corrected chi connectivity index (χ1v) is 14.2. The standard InChI is InChI=1S/C30H40N6O3/c1-39-16-6-15-36-27-11-3-2-10-26(27)34-29(36)23-9-5-14-35(20-23)28(37)18-24(31)19-32-30(38)33-25-13-12-21-7-4-8-22(21)17-25/h2-3,10-13,17,23-24H,4-9,14-16,18-20,31H2,1H3,(H2,32,33,38)/t23-,24-/m1/s1. The van der Waals surface area contributed by atoms with Crippen LogP contribution in [0, 0.1) is 0 Å². The molecule has 1 aliphatic heterocycles. The van der Waals surface area contributed by atoms with Crippen molar-refractivity contribution in [2.24, 2.45) is 5.73 Å². The fraction of sp³-hybridized carbons (Fsp3) is 0.500. The minimum absolute atomic E-state index is 0.0232. The highest BCUT2D eigenvalue weighted by atomic mass is 16.5. The van der Waals surface area contributed by atoms with Crippen LogP contribution in [-0.2, 0) is 28.9 Å². The van der Waals surface area contributed by atoms with Gasteiger partial charge in [0.25, 0.3) is 0 Å². The monoisotopic (exact) mass is 532 g/mol. The molecule has 2 atom stereocenters. The Hall–Kier alpha value is -3.43. The Bertz CT molecular complexity index is 1310. The summed E-state index contributed by atoms with van der Waals surface area (Å²) in [6.07, 6.45) is 6.35. The van der Waals surface area contributed by atoms with E-state index in [4.69, 9.17) is 15.5 Å². The molecule has 3 amide bonds. The number of amides is 3. The van der Waals surface area contributed by atoms with Crippen LogP contribution in [0.2, 0.25) is 0 Å². The van der Waals surface area contributed by atoms with Crippen molar-refractivity contribution in [1.82, 2.24) is 19.8 Å². The molecule has 1 aromatic heterocycles. The number of aromatic nitrogens is 2. The Kier molecular flexibility index (Phi) is 8.78. The number of imidazole rings is 1. The van der Waals surface area contributed by atoms with Gasteiger partial charge in [0.1, 0.15) is 5.82 Å². The van der Waals surface area contributed by atoms with E-state index in [2.05, 4.69) is 27.3 Å². The Morgan fingerprint density at radius 2 is 2.00 bits per heavy atom. The quantitative estimate of drug-likeness (QED) is 0.344. The van der Waals surface area contributed by atoms with Gasteiger partial charge in [-0.05, 0) is 73.9 Å². The number of ether oxygens (including phenoxy) is 1. The van der Waals surface area contributed by atoms with Crippen molar-refractivity contribution < 1.29 is 14.3 Å². The van der Waals surface area contributed by atoms with Crippen LogP contribution >= 0.6 is 0 Å². The highest BCUT2D eigenvalue weighted by Gasteiger charge is 2.29. The molecule has 9 heteroatoms. The number of methoxy groups -OCH3 is 1. The van der Waals surface area contributed by atoms with Crippen molar-refractivity contribution in [3.05, 3.63) is 59.4 Å². The predicted molar refractivity (Wildman–Crippen MR) is 153 cm³/mol. The number of rotatable bonds is 10. The molecule has 0 bridgehead atoms. The zero-order valence-corrected chi connectivity index (χ0v) is 22.8. The lowest BCUT2D eigenvalue weighted by Crippen LogP contribution is -2.45. The highest BCUT2D eigenvalue weighted by Crippen LogP contribution is 2.30. The van der Waals surface area contributed by atoms with Crippen LogP contribution in [0.1, 0.15) is 55.0 Å². The number of likely N-dealkylation sites (tertiary alicyclic amines) is 1. The number of anilines is 1. The molecule has 4 N–H and O–H groups in total. The lowest BCUT2D eigenvalue weighted by atomic mass is 9.96. The number of hydrogen-bond acceptors (Lipinski definition) is 5. The maximum Gasteiger partial charge on any atom is 0.319 e. The summed E-state index contributed by atoms with van der Waals surface area (Å²) in [6, 6.07) is 13.5. The molecule has 3 aromatic rings. The summed E-state index contributed by atoms with van der Waals surface area (Å²) in [7, 11) is 1.72. The zero-order valence-electron chi connectivity index (χ0n) is 22.8. The van der Waals surface area contributed by atoms with E-state index >= 15 is 0 Å². The number of nitrogens with zero attached hydrogens (tertiary/aromatic N) is 3. The number of fused-ring (bicyclic) bond motifs is 2. The maximum atomic E-state index is 13.2. The molecule has 5 rings (SSSR count). The van der Waals surface area contributed by atoms with Crippen molar-refractivity contribution in [2.45, 2.75) is 63.5 Å². The Balaban J connectivity index is 1.14. The maximum absolute atomic E-state index is 13.2. The Morgan fingerprint density at radius 1 is 1.15 bits per heavy atom. The van der Waals surface area contributed by atoms with E-state index in [9.17, 15) is 9.59 Å². The topological polar surface area (TPSA) is 115 Å². The lowest BCUT2D eigenvalue weighted by molar-refractivity contribution is -0.132. The van der Waals surface area contributed by atoms with Crippen molar-refractivity contribution in [3.63, 3.8) is 0 Å². The number of benzene rings is 2. The molecule has 1 aliphatic carbocycles. The first kappa shape index (κ1) is 27.1. The first-order valence-electron chi connectivity index (χ1n) is 14.2. The highest BCUT2D eigenvalue weighted by molar-refractivity contribution is 5.89. The second-order valence-corrected chi connectivity index (χ2v) is 10.8. The van der Waals surface area contributed by atoms with Gasteiger partial charge in [-0.1, -0.05) is 18.2 Å². The average Bonchev–Trinajstić information content (AvgIpc) is 3.57.